The van der Waals surface area contributed by atoms with Gasteiger partial charge in [0.2, 0.25) is 0 Å². The highest BCUT2D eigenvalue weighted by Crippen LogP contribution is 2.19. The number of carbonyl (C=O) groups is 2. The number of Topliss-reactive ketones (excluding diaryl/α,β-unsaturated/α-hetero) is 2. The summed E-state index contributed by atoms with van der Waals surface area (Å²) < 4.78 is 0.643. The van der Waals surface area contributed by atoms with Gasteiger partial charge in [-0.1, -0.05) is 194 Å². The van der Waals surface area contributed by atoms with Crippen LogP contribution in [0.25, 0.3) is 0 Å². The summed E-state index contributed by atoms with van der Waals surface area (Å²) >= 11 is 0. The molecule has 0 N–H and O–H groups in total. The van der Waals surface area contributed by atoms with Crippen LogP contribution < -0.4 is 0 Å². The molecule has 1 unspecified atom stereocenters. The van der Waals surface area contributed by atoms with Crippen molar-refractivity contribution in [3.63, 3.8) is 0 Å². The number of hydrogen-bond donors (Lipinski definition) is 0. The molecule has 3 nitrogen and oxygen atoms in total. The van der Waals surface area contributed by atoms with E-state index >= 15 is 0 Å². The standard InChI is InChI=1S/C42H84NO2/c1-6-8-10-12-14-16-18-20-22-24-26-28-30-32-34-36-40(44)38-39-41(43(3,4)5)42(45)37-35-33-31-29-27-25-23-21-19-17-15-13-11-9-7-2/h41H,6-39H2,1-5H3/q+1. The third-order valence-corrected chi connectivity index (χ3v) is 10.1. The Morgan fingerprint density at radius 2 is 0.644 bits per heavy atom. The van der Waals surface area contributed by atoms with Gasteiger partial charge in [0.1, 0.15) is 11.8 Å². The summed E-state index contributed by atoms with van der Waals surface area (Å²) in [7, 11) is 6.36. The summed E-state index contributed by atoms with van der Waals surface area (Å²) in [6, 6.07) is -0.0401. The van der Waals surface area contributed by atoms with Gasteiger partial charge in [-0.15, -0.1) is 0 Å². The molecule has 0 bridgehead atoms. The maximum atomic E-state index is 13.1. The van der Waals surface area contributed by atoms with Crippen molar-refractivity contribution in [2.45, 2.75) is 238 Å². The Bertz CT molecular complexity index is 637. The van der Waals surface area contributed by atoms with E-state index in [1.165, 1.54) is 180 Å². The summed E-state index contributed by atoms with van der Waals surface area (Å²) in [5.41, 5.74) is 0. The lowest BCUT2D eigenvalue weighted by atomic mass is 9.96. The maximum Gasteiger partial charge on any atom is 0.189 e. The highest BCUT2D eigenvalue weighted by molar-refractivity contribution is 5.84. The fourth-order valence-electron chi connectivity index (χ4n) is 6.93. The third kappa shape index (κ3) is 31.7. The first-order valence-corrected chi connectivity index (χ1v) is 20.7. The molecular formula is C42H84NO2+. The van der Waals surface area contributed by atoms with Crippen molar-refractivity contribution >= 4 is 11.6 Å². The van der Waals surface area contributed by atoms with Crippen LogP contribution in [0, 0.1) is 0 Å². The van der Waals surface area contributed by atoms with E-state index in [-0.39, 0.29) is 6.04 Å². The van der Waals surface area contributed by atoms with Crippen molar-refractivity contribution in [2.24, 2.45) is 0 Å². The van der Waals surface area contributed by atoms with Crippen LogP contribution in [0.4, 0.5) is 0 Å². The molecule has 0 saturated heterocycles. The Balaban J connectivity index is 3.74. The lowest BCUT2D eigenvalue weighted by molar-refractivity contribution is -0.886. The minimum atomic E-state index is -0.0401. The first-order chi connectivity index (χ1) is 21.8. The first kappa shape index (κ1) is 44.3. The fourth-order valence-corrected chi connectivity index (χ4v) is 6.93. The van der Waals surface area contributed by atoms with Crippen molar-refractivity contribution in [3.05, 3.63) is 0 Å². The summed E-state index contributed by atoms with van der Waals surface area (Å²) in [5, 5.41) is 0. The van der Waals surface area contributed by atoms with Crippen LogP contribution in [0.3, 0.4) is 0 Å². The largest absolute Gasteiger partial charge is 0.322 e. The average molecular weight is 635 g/mol. The molecule has 45 heavy (non-hydrogen) atoms. The first-order valence-electron chi connectivity index (χ1n) is 20.7. The average Bonchev–Trinajstić information content (AvgIpc) is 3.00. The van der Waals surface area contributed by atoms with Gasteiger partial charge in [-0.3, -0.25) is 9.59 Å². The van der Waals surface area contributed by atoms with E-state index in [1.807, 2.05) is 0 Å². The van der Waals surface area contributed by atoms with Crippen LogP contribution in [0.1, 0.15) is 232 Å². The quantitative estimate of drug-likeness (QED) is 0.0503. The van der Waals surface area contributed by atoms with E-state index in [0.29, 0.717) is 35.3 Å². The van der Waals surface area contributed by atoms with Crippen LogP contribution in [-0.4, -0.2) is 43.2 Å². The summed E-state index contributed by atoms with van der Waals surface area (Å²) in [4.78, 5) is 25.7. The van der Waals surface area contributed by atoms with Gasteiger partial charge in [0.15, 0.2) is 5.78 Å². The summed E-state index contributed by atoms with van der Waals surface area (Å²) in [6.45, 7) is 4.57. The molecule has 0 aromatic carbocycles. The molecule has 0 radical (unpaired) electrons. The number of unbranched alkanes of at least 4 members (excludes halogenated alkanes) is 28. The second-order valence-corrected chi connectivity index (χ2v) is 15.6. The van der Waals surface area contributed by atoms with E-state index in [2.05, 4.69) is 35.0 Å². The number of likely N-dealkylation sites (N-methyl/N-ethyl adjacent to an activating group) is 1. The summed E-state index contributed by atoms with van der Waals surface area (Å²) in [6.07, 6.45) is 43.2. The highest BCUT2D eigenvalue weighted by atomic mass is 16.1. The van der Waals surface area contributed by atoms with Crippen LogP contribution in [0.2, 0.25) is 0 Å². The third-order valence-electron chi connectivity index (χ3n) is 10.1. The van der Waals surface area contributed by atoms with E-state index in [4.69, 9.17) is 0 Å². The lowest BCUT2D eigenvalue weighted by Crippen LogP contribution is -2.50. The molecular weight excluding hydrogens is 550 g/mol. The van der Waals surface area contributed by atoms with Gasteiger partial charge in [0, 0.05) is 25.7 Å². The fraction of sp³-hybridized carbons (Fsp3) is 0.952. The van der Waals surface area contributed by atoms with Crippen LogP contribution in [-0.2, 0) is 9.59 Å². The Kier molecular flexibility index (Phi) is 32.7. The number of rotatable bonds is 37. The predicted octanol–water partition coefficient (Wildman–Crippen LogP) is 13.5. The molecule has 0 heterocycles. The van der Waals surface area contributed by atoms with Crippen molar-refractivity contribution in [1.82, 2.24) is 0 Å². The maximum absolute atomic E-state index is 13.1. The van der Waals surface area contributed by atoms with Crippen molar-refractivity contribution in [2.75, 3.05) is 21.1 Å². The molecule has 0 aliphatic carbocycles. The van der Waals surface area contributed by atoms with Gasteiger partial charge in [-0.05, 0) is 12.8 Å². The number of quaternary nitrogens is 1. The van der Waals surface area contributed by atoms with E-state index < -0.39 is 0 Å². The molecule has 0 rings (SSSR count). The second kappa shape index (κ2) is 33.2. The minimum absolute atomic E-state index is 0.0401. The molecule has 0 aliphatic rings. The molecule has 3 heteroatoms. The number of nitrogens with zero attached hydrogens (tertiary/aromatic N) is 1. The molecule has 0 amide bonds. The van der Waals surface area contributed by atoms with Gasteiger partial charge in [-0.2, -0.15) is 0 Å². The van der Waals surface area contributed by atoms with Crippen LogP contribution in [0.15, 0.2) is 0 Å². The van der Waals surface area contributed by atoms with E-state index in [0.717, 1.165) is 19.3 Å². The minimum Gasteiger partial charge on any atom is -0.322 e. The SMILES string of the molecule is CCCCCCCCCCCCCCCCCC(=O)CCC(C(=O)CCCCCCCCCCCCCCCCC)[N+](C)(C)C. The molecule has 0 saturated carbocycles. The molecule has 268 valence electrons. The molecule has 1 atom stereocenters. The zero-order valence-electron chi connectivity index (χ0n) is 31.9. The zero-order chi connectivity index (χ0) is 33.3. The monoisotopic (exact) mass is 635 g/mol. The Morgan fingerprint density at radius 3 is 0.933 bits per heavy atom. The van der Waals surface area contributed by atoms with E-state index in [9.17, 15) is 9.59 Å². The Morgan fingerprint density at radius 1 is 0.378 bits per heavy atom. The van der Waals surface area contributed by atoms with Crippen molar-refractivity contribution < 1.29 is 14.1 Å². The molecule has 0 spiro atoms. The number of hydrogen-bond acceptors (Lipinski definition) is 2. The lowest BCUT2D eigenvalue weighted by Gasteiger charge is -2.33. The van der Waals surface area contributed by atoms with Gasteiger partial charge in [-0.25, -0.2) is 0 Å². The van der Waals surface area contributed by atoms with Crippen LogP contribution in [0.5, 0.6) is 0 Å². The van der Waals surface area contributed by atoms with E-state index in [1.54, 1.807) is 0 Å². The smallest absolute Gasteiger partial charge is 0.189 e. The summed E-state index contributed by atoms with van der Waals surface area (Å²) in [5.74, 6) is 0.736. The molecule has 0 fully saturated rings. The Hall–Kier alpha value is -0.700. The normalized spacial score (nSPS) is 12.6. The van der Waals surface area contributed by atoms with Gasteiger partial charge >= 0.3 is 0 Å². The molecule has 0 aromatic rings. The zero-order valence-corrected chi connectivity index (χ0v) is 31.9. The van der Waals surface area contributed by atoms with Crippen molar-refractivity contribution in [1.29, 1.82) is 0 Å². The molecule has 0 aliphatic heterocycles. The topological polar surface area (TPSA) is 34.1 Å². The van der Waals surface area contributed by atoms with Gasteiger partial charge < -0.3 is 4.48 Å². The van der Waals surface area contributed by atoms with Crippen molar-refractivity contribution in [3.8, 4) is 0 Å². The van der Waals surface area contributed by atoms with Crippen LogP contribution >= 0.6 is 0 Å². The van der Waals surface area contributed by atoms with Gasteiger partial charge in [0.25, 0.3) is 0 Å². The second-order valence-electron chi connectivity index (χ2n) is 15.6. The number of ketones is 2. The van der Waals surface area contributed by atoms with Gasteiger partial charge in [0.05, 0.1) is 21.1 Å². The highest BCUT2D eigenvalue weighted by Gasteiger charge is 2.30. The predicted molar refractivity (Wildman–Crippen MR) is 200 cm³/mol. The molecule has 0 aromatic heterocycles. The Labute approximate surface area is 284 Å². The number of carbonyl (C=O) groups excluding carboxylic acids is 2.